The SMILES string of the molecule is CNCC(C)Cc1ccc(F)cc1C1CCCN1c1ccn2ncc(C=O)c2n1. The van der Waals surface area contributed by atoms with Gasteiger partial charge in [0, 0.05) is 12.7 Å². The second-order valence-corrected chi connectivity index (χ2v) is 7.83. The van der Waals surface area contributed by atoms with Crippen molar-refractivity contribution in [1.29, 1.82) is 0 Å². The fraction of sp³-hybridized carbons (Fsp3) is 0.409. The van der Waals surface area contributed by atoms with Gasteiger partial charge in [-0.1, -0.05) is 13.0 Å². The third-order valence-corrected chi connectivity index (χ3v) is 5.64. The molecule has 6 nitrogen and oxygen atoms in total. The number of rotatable bonds is 7. The van der Waals surface area contributed by atoms with Gasteiger partial charge in [-0.3, -0.25) is 4.79 Å². The van der Waals surface area contributed by atoms with Crippen molar-refractivity contribution >= 4 is 17.8 Å². The molecule has 3 heterocycles. The molecule has 2 atom stereocenters. The standard InChI is InChI=1S/C22H26FN5O/c1-15(12-24-2)10-16-5-6-18(23)11-19(16)20-4-3-8-27(20)21-7-9-28-22(26-21)17(14-29)13-25-28/h5-7,9,11,13-15,20,24H,3-4,8,10,12H2,1-2H3. The van der Waals surface area contributed by atoms with E-state index in [2.05, 4.69) is 22.2 Å². The highest BCUT2D eigenvalue weighted by atomic mass is 19.1. The van der Waals surface area contributed by atoms with E-state index in [0.29, 0.717) is 17.1 Å². The fourth-order valence-electron chi connectivity index (χ4n) is 4.34. The number of benzene rings is 1. The van der Waals surface area contributed by atoms with Crippen LogP contribution in [0.2, 0.25) is 0 Å². The quantitative estimate of drug-likeness (QED) is 0.621. The number of anilines is 1. The minimum atomic E-state index is -0.209. The summed E-state index contributed by atoms with van der Waals surface area (Å²) in [7, 11) is 1.95. The Morgan fingerprint density at radius 1 is 1.38 bits per heavy atom. The number of fused-ring (bicyclic) bond motifs is 1. The van der Waals surface area contributed by atoms with Crippen molar-refractivity contribution < 1.29 is 9.18 Å². The second-order valence-electron chi connectivity index (χ2n) is 7.83. The molecule has 0 spiro atoms. The third-order valence-electron chi connectivity index (χ3n) is 5.64. The van der Waals surface area contributed by atoms with Gasteiger partial charge in [0.2, 0.25) is 0 Å². The van der Waals surface area contributed by atoms with Crippen LogP contribution in [-0.2, 0) is 6.42 Å². The molecule has 4 rings (SSSR count). The Morgan fingerprint density at radius 2 is 2.24 bits per heavy atom. The first-order valence-corrected chi connectivity index (χ1v) is 10.1. The summed E-state index contributed by atoms with van der Waals surface area (Å²) < 4.78 is 15.8. The molecule has 152 valence electrons. The van der Waals surface area contributed by atoms with Crippen LogP contribution in [0.1, 0.15) is 47.3 Å². The number of hydrogen-bond donors (Lipinski definition) is 1. The fourth-order valence-corrected chi connectivity index (χ4v) is 4.34. The molecular weight excluding hydrogens is 369 g/mol. The summed E-state index contributed by atoms with van der Waals surface area (Å²) in [6, 6.07) is 7.14. The van der Waals surface area contributed by atoms with E-state index in [0.717, 1.165) is 50.0 Å². The Bertz CT molecular complexity index is 1020. The largest absolute Gasteiger partial charge is 0.349 e. The molecule has 0 radical (unpaired) electrons. The number of nitrogens with zero attached hydrogens (tertiary/aromatic N) is 4. The van der Waals surface area contributed by atoms with Gasteiger partial charge in [0.05, 0.1) is 17.8 Å². The minimum absolute atomic E-state index is 0.0695. The first-order chi connectivity index (χ1) is 14.1. The van der Waals surface area contributed by atoms with Crippen molar-refractivity contribution in [3.63, 3.8) is 0 Å². The van der Waals surface area contributed by atoms with Gasteiger partial charge < -0.3 is 10.2 Å². The Labute approximate surface area is 169 Å². The van der Waals surface area contributed by atoms with Gasteiger partial charge in [0.1, 0.15) is 11.6 Å². The first-order valence-electron chi connectivity index (χ1n) is 10.1. The topological polar surface area (TPSA) is 62.5 Å². The molecule has 2 unspecified atom stereocenters. The molecule has 1 aromatic carbocycles. The predicted molar refractivity (Wildman–Crippen MR) is 111 cm³/mol. The Hall–Kier alpha value is -2.80. The maximum absolute atomic E-state index is 14.2. The highest BCUT2D eigenvalue weighted by molar-refractivity contribution is 5.84. The molecule has 1 saturated heterocycles. The van der Waals surface area contributed by atoms with Crippen LogP contribution >= 0.6 is 0 Å². The molecule has 1 fully saturated rings. The van der Waals surface area contributed by atoms with Gasteiger partial charge in [0.25, 0.3) is 0 Å². The highest BCUT2D eigenvalue weighted by Gasteiger charge is 2.30. The van der Waals surface area contributed by atoms with Crippen molar-refractivity contribution in [1.82, 2.24) is 19.9 Å². The van der Waals surface area contributed by atoms with Crippen LogP contribution in [0.4, 0.5) is 10.2 Å². The van der Waals surface area contributed by atoms with E-state index in [1.165, 1.54) is 11.8 Å². The van der Waals surface area contributed by atoms with Crippen LogP contribution in [0.3, 0.4) is 0 Å². The third kappa shape index (κ3) is 3.87. The molecular formula is C22H26FN5O. The van der Waals surface area contributed by atoms with Gasteiger partial charge in [-0.15, -0.1) is 0 Å². The smallest absolute Gasteiger partial charge is 0.167 e. The number of halogens is 1. The number of hydrogen-bond acceptors (Lipinski definition) is 5. The molecule has 0 aliphatic carbocycles. The average Bonchev–Trinajstić information content (AvgIpc) is 3.35. The van der Waals surface area contributed by atoms with Gasteiger partial charge in [-0.2, -0.15) is 5.10 Å². The molecule has 2 aromatic heterocycles. The monoisotopic (exact) mass is 395 g/mol. The minimum Gasteiger partial charge on any atom is -0.349 e. The van der Waals surface area contributed by atoms with Crippen molar-refractivity contribution in [3.8, 4) is 0 Å². The lowest BCUT2D eigenvalue weighted by Crippen LogP contribution is -2.25. The predicted octanol–water partition coefficient (Wildman–Crippen LogP) is 3.42. The number of nitrogens with one attached hydrogen (secondary N) is 1. The molecule has 29 heavy (non-hydrogen) atoms. The van der Waals surface area contributed by atoms with Crippen LogP contribution < -0.4 is 10.2 Å². The second kappa shape index (κ2) is 8.29. The molecule has 7 heteroatoms. The van der Waals surface area contributed by atoms with Crippen LogP contribution in [0.5, 0.6) is 0 Å². The molecule has 1 N–H and O–H groups in total. The number of aromatic nitrogens is 3. The van der Waals surface area contributed by atoms with Crippen LogP contribution in [0.25, 0.3) is 5.65 Å². The summed E-state index contributed by atoms with van der Waals surface area (Å²) >= 11 is 0. The zero-order valence-corrected chi connectivity index (χ0v) is 16.8. The van der Waals surface area contributed by atoms with Gasteiger partial charge in [0.15, 0.2) is 11.9 Å². The first kappa shape index (κ1) is 19.5. The van der Waals surface area contributed by atoms with E-state index < -0.39 is 0 Å². The van der Waals surface area contributed by atoms with E-state index in [1.54, 1.807) is 16.6 Å². The summed E-state index contributed by atoms with van der Waals surface area (Å²) in [4.78, 5) is 18.2. The van der Waals surface area contributed by atoms with E-state index >= 15 is 0 Å². The van der Waals surface area contributed by atoms with Gasteiger partial charge in [-0.05, 0) is 68.1 Å². The van der Waals surface area contributed by atoms with Crippen LogP contribution in [0.15, 0.2) is 36.7 Å². The molecule has 0 bridgehead atoms. The summed E-state index contributed by atoms with van der Waals surface area (Å²) in [5.41, 5.74) is 3.24. The van der Waals surface area contributed by atoms with Crippen molar-refractivity contribution in [2.45, 2.75) is 32.2 Å². The maximum Gasteiger partial charge on any atom is 0.167 e. The average molecular weight is 395 g/mol. The molecule has 1 aliphatic heterocycles. The van der Waals surface area contributed by atoms with Crippen molar-refractivity contribution in [2.75, 3.05) is 25.0 Å². The van der Waals surface area contributed by atoms with Crippen molar-refractivity contribution in [2.24, 2.45) is 5.92 Å². The summed E-state index contributed by atoms with van der Waals surface area (Å²) in [5, 5.41) is 7.38. The number of carbonyl (C=O) groups excluding carboxylic acids is 1. The van der Waals surface area contributed by atoms with Gasteiger partial charge >= 0.3 is 0 Å². The van der Waals surface area contributed by atoms with E-state index in [9.17, 15) is 9.18 Å². The lowest BCUT2D eigenvalue weighted by atomic mass is 9.92. The summed E-state index contributed by atoms with van der Waals surface area (Å²) in [6.07, 6.45) is 6.97. The highest BCUT2D eigenvalue weighted by Crippen LogP contribution is 2.37. The zero-order chi connectivity index (χ0) is 20.4. The molecule has 0 amide bonds. The van der Waals surface area contributed by atoms with Crippen LogP contribution in [-0.4, -0.2) is 41.0 Å². The lowest BCUT2D eigenvalue weighted by Gasteiger charge is -2.28. The van der Waals surface area contributed by atoms with E-state index in [4.69, 9.17) is 4.98 Å². The summed E-state index contributed by atoms with van der Waals surface area (Å²) in [6.45, 7) is 3.96. The Morgan fingerprint density at radius 3 is 3.03 bits per heavy atom. The summed E-state index contributed by atoms with van der Waals surface area (Å²) in [5.74, 6) is 1.04. The van der Waals surface area contributed by atoms with Gasteiger partial charge in [-0.25, -0.2) is 13.9 Å². The molecule has 3 aromatic rings. The number of aldehydes is 1. The van der Waals surface area contributed by atoms with Crippen molar-refractivity contribution in [3.05, 3.63) is 59.2 Å². The molecule has 0 saturated carbocycles. The normalized spacial score (nSPS) is 17.8. The number of carbonyl (C=O) groups is 1. The Balaban J connectivity index is 1.70. The Kier molecular flexibility index (Phi) is 5.58. The lowest BCUT2D eigenvalue weighted by molar-refractivity contribution is 0.112. The van der Waals surface area contributed by atoms with E-state index in [1.807, 2.05) is 25.4 Å². The zero-order valence-electron chi connectivity index (χ0n) is 16.8. The van der Waals surface area contributed by atoms with E-state index in [-0.39, 0.29) is 11.9 Å². The molecule has 1 aliphatic rings. The van der Waals surface area contributed by atoms with Crippen LogP contribution in [0, 0.1) is 11.7 Å². The maximum atomic E-state index is 14.2.